The Hall–Kier alpha value is -1.46. The van der Waals surface area contributed by atoms with Gasteiger partial charge < -0.3 is 10.5 Å². The van der Waals surface area contributed by atoms with Crippen LogP contribution in [0.2, 0.25) is 0 Å². The van der Waals surface area contributed by atoms with Crippen LogP contribution in [0.1, 0.15) is 18.1 Å². The number of sulfonamides is 1. The fourth-order valence-electron chi connectivity index (χ4n) is 2.25. The lowest BCUT2D eigenvalue weighted by molar-refractivity contribution is -0.0120. The Bertz CT molecular complexity index is 637. The van der Waals surface area contributed by atoms with E-state index in [1.165, 1.54) is 4.31 Å². The lowest BCUT2D eigenvalue weighted by Gasteiger charge is -2.33. The highest BCUT2D eigenvalue weighted by Crippen LogP contribution is 2.17. The third-order valence-electron chi connectivity index (χ3n) is 3.44. The summed E-state index contributed by atoms with van der Waals surface area (Å²) in [6.45, 7) is 2.77. The molecule has 1 aliphatic rings. The molecule has 114 valence electrons. The third-order valence-corrected chi connectivity index (χ3v) is 5.26. The maximum atomic E-state index is 12.5. The summed E-state index contributed by atoms with van der Waals surface area (Å²) in [6.07, 6.45) is -0.279. The van der Waals surface area contributed by atoms with Gasteiger partial charge in [0.25, 0.3) is 0 Å². The van der Waals surface area contributed by atoms with E-state index in [1.807, 2.05) is 6.07 Å². The molecule has 1 fully saturated rings. The summed E-state index contributed by atoms with van der Waals surface area (Å²) in [5, 5.41) is 8.86. The van der Waals surface area contributed by atoms with E-state index in [9.17, 15) is 8.42 Å². The van der Waals surface area contributed by atoms with Gasteiger partial charge in [0.1, 0.15) is 0 Å². The molecule has 1 aromatic carbocycles. The molecule has 6 nitrogen and oxygen atoms in total. The first kappa shape index (κ1) is 15.9. The average Bonchev–Trinajstić information content (AvgIpc) is 2.47. The maximum Gasteiger partial charge on any atom is 0.218 e. The van der Waals surface area contributed by atoms with Crippen LogP contribution in [0, 0.1) is 11.3 Å². The molecule has 1 saturated heterocycles. The van der Waals surface area contributed by atoms with Gasteiger partial charge in [0.2, 0.25) is 10.0 Å². The summed E-state index contributed by atoms with van der Waals surface area (Å²) in [6, 6.07) is 8.44. The van der Waals surface area contributed by atoms with Gasteiger partial charge in [0, 0.05) is 19.1 Å². The fourth-order valence-corrected chi connectivity index (χ4v) is 3.76. The van der Waals surface area contributed by atoms with Crippen molar-refractivity contribution < 1.29 is 13.2 Å². The Labute approximate surface area is 125 Å². The quantitative estimate of drug-likeness (QED) is 0.870. The Balaban J connectivity index is 2.12. The van der Waals surface area contributed by atoms with Crippen LogP contribution >= 0.6 is 0 Å². The van der Waals surface area contributed by atoms with Gasteiger partial charge in [-0.3, -0.25) is 0 Å². The Morgan fingerprint density at radius 2 is 2.33 bits per heavy atom. The minimum absolute atomic E-state index is 0.117. The van der Waals surface area contributed by atoms with Crippen molar-refractivity contribution in [1.29, 1.82) is 5.26 Å². The Kier molecular flexibility index (Phi) is 4.96. The molecule has 1 heterocycles. The van der Waals surface area contributed by atoms with Crippen molar-refractivity contribution in [2.24, 2.45) is 5.73 Å². The molecule has 0 radical (unpaired) electrons. The molecular formula is C14H19N3O3S. The molecule has 0 bridgehead atoms. The normalized spacial score (nSPS) is 21.7. The SMILES string of the molecule is CC(N)C1CN(S(=O)(=O)Cc2cccc(C#N)c2)CCO1. The van der Waals surface area contributed by atoms with Crippen LogP contribution in [0.5, 0.6) is 0 Å². The largest absolute Gasteiger partial charge is 0.374 e. The van der Waals surface area contributed by atoms with Gasteiger partial charge in [0.05, 0.1) is 30.1 Å². The van der Waals surface area contributed by atoms with Crippen molar-refractivity contribution >= 4 is 10.0 Å². The molecule has 2 rings (SSSR count). The van der Waals surface area contributed by atoms with Gasteiger partial charge in [-0.25, -0.2) is 8.42 Å². The first-order valence-corrected chi connectivity index (χ1v) is 8.37. The van der Waals surface area contributed by atoms with E-state index in [1.54, 1.807) is 31.2 Å². The summed E-state index contributed by atoms with van der Waals surface area (Å²) in [5.41, 5.74) is 6.85. The molecule has 1 aliphatic heterocycles. The van der Waals surface area contributed by atoms with Crippen molar-refractivity contribution in [3.8, 4) is 6.07 Å². The van der Waals surface area contributed by atoms with Crippen molar-refractivity contribution in [3.05, 3.63) is 35.4 Å². The van der Waals surface area contributed by atoms with Crippen LogP contribution in [-0.2, 0) is 20.5 Å². The zero-order chi connectivity index (χ0) is 15.5. The molecule has 0 spiro atoms. The van der Waals surface area contributed by atoms with Crippen molar-refractivity contribution in [2.45, 2.75) is 24.8 Å². The molecule has 0 amide bonds. The molecule has 0 aliphatic carbocycles. The summed E-state index contributed by atoms with van der Waals surface area (Å²) < 4.78 is 31.8. The number of nitrogens with zero attached hydrogens (tertiary/aromatic N) is 2. The predicted molar refractivity (Wildman–Crippen MR) is 78.7 cm³/mol. The minimum atomic E-state index is -3.44. The number of hydrogen-bond donors (Lipinski definition) is 1. The lowest BCUT2D eigenvalue weighted by atomic mass is 10.2. The van der Waals surface area contributed by atoms with Crippen LogP contribution in [0.15, 0.2) is 24.3 Å². The van der Waals surface area contributed by atoms with Gasteiger partial charge in [-0.15, -0.1) is 0 Å². The first-order valence-electron chi connectivity index (χ1n) is 6.76. The van der Waals surface area contributed by atoms with E-state index in [0.717, 1.165) is 0 Å². The van der Waals surface area contributed by atoms with Crippen LogP contribution < -0.4 is 5.73 Å². The number of rotatable bonds is 4. The number of morpholine rings is 1. The second-order valence-electron chi connectivity index (χ2n) is 5.19. The number of nitrogens with two attached hydrogens (primary N) is 1. The highest BCUT2D eigenvalue weighted by molar-refractivity contribution is 7.88. The zero-order valence-corrected chi connectivity index (χ0v) is 12.7. The van der Waals surface area contributed by atoms with Crippen LogP contribution in [0.25, 0.3) is 0 Å². The third kappa shape index (κ3) is 4.02. The number of benzene rings is 1. The van der Waals surface area contributed by atoms with Gasteiger partial charge in [-0.1, -0.05) is 12.1 Å². The maximum absolute atomic E-state index is 12.5. The Morgan fingerprint density at radius 1 is 1.57 bits per heavy atom. The molecule has 0 saturated carbocycles. The number of ether oxygens (including phenoxy) is 1. The van der Waals surface area contributed by atoms with Gasteiger partial charge in [-0.05, 0) is 24.6 Å². The van der Waals surface area contributed by atoms with E-state index in [0.29, 0.717) is 24.3 Å². The van der Waals surface area contributed by atoms with Gasteiger partial charge in [0.15, 0.2) is 0 Å². The predicted octanol–water partition coefficient (Wildman–Crippen LogP) is 0.436. The van der Waals surface area contributed by atoms with Crippen molar-refractivity contribution in [1.82, 2.24) is 4.31 Å². The summed E-state index contributed by atoms with van der Waals surface area (Å²) in [7, 11) is -3.44. The number of nitriles is 1. The molecule has 2 N–H and O–H groups in total. The molecule has 1 aromatic rings. The highest BCUT2D eigenvalue weighted by atomic mass is 32.2. The smallest absolute Gasteiger partial charge is 0.218 e. The van der Waals surface area contributed by atoms with Gasteiger partial charge in [-0.2, -0.15) is 9.57 Å². The summed E-state index contributed by atoms with van der Waals surface area (Å²) >= 11 is 0. The van der Waals surface area contributed by atoms with Crippen LogP contribution in [0.4, 0.5) is 0 Å². The molecule has 7 heteroatoms. The standard InChI is InChI=1S/C14H19N3O3S/c1-11(16)14-9-17(5-6-20-14)21(18,19)10-13-4-2-3-12(7-13)8-15/h2-4,7,11,14H,5-6,9-10,16H2,1H3. The molecule has 2 unspecified atom stereocenters. The van der Waals surface area contributed by atoms with Crippen molar-refractivity contribution in [3.63, 3.8) is 0 Å². The van der Waals surface area contributed by atoms with Crippen LogP contribution in [0.3, 0.4) is 0 Å². The molecule has 21 heavy (non-hydrogen) atoms. The van der Waals surface area contributed by atoms with Crippen LogP contribution in [-0.4, -0.2) is 44.6 Å². The molecular weight excluding hydrogens is 290 g/mol. The second-order valence-corrected chi connectivity index (χ2v) is 7.16. The highest BCUT2D eigenvalue weighted by Gasteiger charge is 2.31. The van der Waals surface area contributed by atoms with E-state index in [4.69, 9.17) is 15.7 Å². The first-order chi connectivity index (χ1) is 9.92. The number of hydrogen-bond acceptors (Lipinski definition) is 5. The topological polar surface area (TPSA) is 96.4 Å². The minimum Gasteiger partial charge on any atom is -0.374 e. The molecule has 0 aromatic heterocycles. The average molecular weight is 309 g/mol. The van der Waals surface area contributed by atoms with E-state index >= 15 is 0 Å². The summed E-state index contributed by atoms with van der Waals surface area (Å²) in [4.78, 5) is 0. The van der Waals surface area contributed by atoms with E-state index in [2.05, 4.69) is 0 Å². The molecule has 2 atom stereocenters. The van der Waals surface area contributed by atoms with Gasteiger partial charge >= 0.3 is 0 Å². The lowest BCUT2D eigenvalue weighted by Crippen LogP contribution is -2.51. The fraction of sp³-hybridized carbons (Fsp3) is 0.500. The van der Waals surface area contributed by atoms with Crippen molar-refractivity contribution in [2.75, 3.05) is 19.7 Å². The Morgan fingerprint density at radius 3 is 3.00 bits per heavy atom. The summed E-state index contributed by atoms with van der Waals surface area (Å²) in [5.74, 6) is -0.117. The zero-order valence-electron chi connectivity index (χ0n) is 11.9. The van der Waals surface area contributed by atoms with E-state index < -0.39 is 10.0 Å². The second kappa shape index (κ2) is 6.54. The monoisotopic (exact) mass is 309 g/mol. The van der Waals surface area contributed by atoms with E-state index in [-0.39, 0.29) is 24.4 Å².